The lowest BCUT2D eigenvalue weighted by Gasteiger charge is -2.16. The lowest BCUT2D eigenvalue weighted by atomic mass is 9.90. The van der Waals surface area contributed by atoms with Gasteiger partial charge in [0.25, 0.3) is 0 Å². The number of fused-ring (bicyclic) bond motifs is 1. The molecule has 0 bridgehead atoms. The van der Waals surface area contributed by atoms with Crippen LogP contribution in [-0.2, 0) is 4.74 Å². The highest BCUT2D eigenvalue weighted by Crippen LogP contribution is 2.50. The molecule has 0 aromatic heterocycles. The first-order chi connectivity index (χ1) is 13.0. The fourth-order valence-corrected chi connectivity index (χ4v) is 3.38. The summed E-state index contributed by atoms with van der Waals surface area (Å²) in [5, 5.41) is 19.2. The van der Waals surface area contributed by atoms with E-state index in [0.29, 0.717) is 28.2 Å². The minimum Gasteiger partial charge on any atom is -0.467 e. The Morgan fingerprint density at radius 3 is 1.67 bits per heavy atom. The van der Waals surface area contributed by atoms with Crippen molar-refractivity contribution in [2.24, 2.45) is 0 Å². The Morgan fingerprint density at radius 1 is 0.852 bits per heavy atom. The third-order valence-electron chi connectivity index (χ3n) is 4.31. The lowest BCUT2D eigenvalue weighted by Crippen LogP contribution is -1.99. The minimum absolute atomic E-state index is 0.192. The SMILES string of the molecule is C#C/C(C#N)=C1/C(=C2C=C(C)OC(C)=C2)/C(=C(/C#C)C#N)c2ccccc21. The first kappa shape index (κ1) is 17.6. The monoisotopic (exact) mass is 346 g/mol. The van der Waals surface area contributed by atoms with E-state index in [0.717, 1.165) is 16.7 Å². The molecule has 0 N–H and O–H groups in total. The van der Waals surface area contributed by atoms with Crippen molar-refractivity contribution >= 4 is 11.1 Å². The molecule has 1 aromatic rings. The molecule has 0 unspecified atom stereocenters. The second kappa shape index (κ2) is 6.98. The fraction of sp³-hybridized carbons (Fsp3) is 0.0833. The van der Waals surface area contributed by atoms with E-state index in [1.54, 1.807) is 0 Å². The molecule has 27 heavy (non-hydrogen) atoms. The highest BCUT2D eigenvalue weighted by molar-refractivity contribution is 6.13. The van der Waals surface area contributed by atoms with Crippen LogP contribution in [0.3, 0.4) is 0 Å². The molecule has 3 heteroatoms. The molecule has 1 aliphatic carbocycles. The first-order valence-corrected chi connectivity index (χ1v) is 8.16. The van der Waals surface area contributed by atoms with Gasteiger partial charge in [0.05, 0.1) is 0 Å². The molecule has 0 atom stereocenters. The van der Waals surface area contributed by atoms with Gasteiger partial charge in [-0.25, -0.2) is 0 Å². The van der Waals surface area contributed by atoms with Crippen molar-refractivity contribution in [3.8, 4) is 36.8 Å². The van der Waals surface area contributed by atoms with Crippen molar-refractivity contribution in [1.29, 1.82) is 10.5 Å². The molecule has 1 aromatic carbocycles. The van der Waals surface area contributed by atoms with Gasteiger partial charge in [0.1, 0.15) is 34.8 Å². The summed E-state index contributed by atoms with van der Waals surface area (Å²) in [6, 6.07) is 11.7. The molecule has 3 rings (SSSR count). The second-order valence-corrected chi connectivity index (χ2v) is 6.00. The topological polar surface area (TPSA) is 56.8 Å². The van der Waals surface area contributed by atoms with E-state index < -0.39 is 0 Å². The number of benzene rings is 1. The molecule has 0 fully saturated rings. The van der Waals surface area contributed by atoms with Crippen molar-refractivity contribution in [2.45, 2.75) is 13.8 Å². The van der Waals surface area contributed by atoms with Gasteiger partial charge in [-0.1, -0.05) is 36.1 Å². The maximum absolute atomic E-state index is 9.62. The predicted molar refractivity (Wildman–Crippen MR) is 105 cm³/mol. The Labute approximate surface area is 158 Å². The van der Waals surface area contributed by atoms with Gasteiger partial charge in [0, 0.05) is 16.7 Å². The maximum Gasteiger partial charge on any atom is 0.110 e. The Kier molecular flexibility index (Phi) is 4.56. The molecule has 0 amide bonds. The molecule has 2 aliphatic rings. The molecule has 0 saturated heterocycles. The average molecular weight is 346 g/mol. The van der Waals surface area contributed by atoms with E-state index in [2.05, 4.69) is 24.0 Å². The Balaban J connectivity index is 2.59. The van der Waals surface area contributed by atoms with Crippen molar-refractivity contribution in [2.75, 3.05) is 0 Å². The zero-order valence-corrected chi connectivity index (χ0v) is 14.9. The number of allylic oxidation sites excluding steroid dienone is 10. The van der Waals surface area contributed by atoms with Crippen molar-refractivity contribution < 1.29 is 4.74 Å². The van der Waals surface area contributed by atoms with Crippen molar-refractivity contribution in [3.05, 3.63) is 81.4 Å². The quantitative estimate of drug-likeness (QED) is 0.507. The summed E-state index contributed by atoms with van der Waals surface area (Å²) in [6.45, 7) is 3.68. The Morgan fingerprint density at radius 2 is 1.30 bits per heavy atom. The zero-order valence-electron chi connectivity index (χ0n) is 14.9. The van der Waals surface area contributed by atoms with Gasteiger partial charge in [-0.15, -0.1) is 12.8 Å². The molecule has 1 heterocycles. The van der Waals surface area contributed by atoms with Gasteiger partial charge in [0.15, 0.2) is 0 Å². The molecule has 3 nitrogen and oxygen atoms in total. The number of nitriles is 2. The first-order valence-electron chi connectivity index (χ1n) is 8.16. The van der Waals surface area contributed by atoms with E-state index >= 15 is 0 Å². The van der Waals surface area contributed by atoms with Crippen LogP contribution in [0.15, 0.2) is 70.2 Å². The molecule has 0 radical (unpaired) electrons. The summed E-state index contributed by atoms with van der Waals surface area (Å²) in [6.07, 6.45) is 15.0. The number of hydrogen-bond donors (Lipinski definition) is 0. The molecule has 1 aliphatic heterocycles. The highest BCUT2D eigenvalue weighted by atomic mass is 16.5. The van der Waals surface area contributed by atoms with E-state index in [4.69, 9.17) is 17.6 Å². The van der Waals surface area contributed by atoms with Crippen molar-refractivity contribution in [1.82, 2.24) is 0 Å². The van der Waals surface area contributed by atoms with Crippen LogP contribution in [0.4, 0.5) is 0 Å². The summed E-state index contributed by atoms with van der Waals surface area (Å²) < 4.78 is 5.60. The van der Waals surface area contributed by atoms with Gasteiger partial charge in [-0.3, -0.25) is 0 Å². The van der Waals surface area contributed by atoms with Crippen LogP contribution < -0.4 is 0 Å². The number of hydrogen-bond acceptors (Lipinski definition) is 3. The van der Waals surface area contributed by atoms with Gasteiger partial charge in [-0.2, -0.15) is 10.5 Å². The maximum atomic E-state index is 9.62. The third-order valence-corrected chi connectivity index (χ3v) is 4.31. The van der Waals surface area contributed by atoms with Crippen LogP contribution in [0.1, 0.15) is 25.0 Å². The number of rotatable bonds is 0. The van der Waals surface area contributed by atoms with E-state index in [1.165, 1.54) is 0 Å². The molecule has 126 valence electrons. The van der Waals surface area contributed by atoms with Gasteiger partial charge >= 0.3 is 0 Å². The van der Waals surface area contributed by atoms with Gasteiger partial charge < -0.3 is 4.74 Å². The molecule has 0 spiro atoms. The fourth-order valence-electron chi connectivity index (χ4n) is 3.38. The Hall–Kier alpha value is -4.18. The molecule has 0 saturated carbocycles. The van der Waals surface area contributed by atoms with E-state index in [-0.39, 0.29) is 11.1 Å². The normalized spacial score (nSPS) is 18.6. The van der Waals surface area contributed by atoms with Crippen LogP contribution in [0, 0.1) is 47.3 Å². The third kappa shape index (κ3) is 2.85. The smallest absolute Gasteiger partial charge is 0.110 e. The summed E-state index contributed by atoms with van der Waals surface area (Å²) in [7, 11) is 0. The summed E-state index contributed by atoms with van der Waals surface area (Å²) in [5.74, 6) is 6.35. The van der Waals surface area contributed by atoms with Crippen LogP contribution in [0.25, 0.3) is 11.1 Å². The van der Waals surface area contributed by atoms with Crippen LogP contribution in [-0.4, -0.2) is 0 Å². The van der Waals surface area contributed by atoms with Gasteiger partial charge in [0.2, 0.25) is 0 Å². The van der Waals surface area contributed by atoms with E-state index in [1.807, 2.05) is 50.3 Å². The standard InChI is InChI=1S/C24H14N2O/c1-5-17(13-25)22-20-9-7-8-10-21(20)23(18(6-2)14-26)24(22)19-11-15(3)27-16(4)12-19/h1-2,7-12H,3-4H3/b22-17-,23-18-. The minimum atomic E-state index is 0.192. The van der Waals surface area contributed by atoms with Crippen LogP contribution in [0.5, 0.6) is 0 Å². The average Bonchev–Trinajstić information content (AvgIpc) is 2.99. The second-order valence-electron chi connectivity index (χ2n) is 6.00. The van der Waals surface area contributed by atoms with Gasteiger partial charge in [-0.05, 0) is 42.7 Å². The highest BCUT2D eigenvalue weighted by Gasteiger charge is 2.33. The summed E-state index contributed by atoms with van der Waals surface area (Å²) in [4.78, 5) is 0. The lowest BCUT2D eigenvalue weighted by molar-refractivity contribution is 0.304. The van der Waals surface area contributed by atoms with Crippen LogP contribution in [0.2, 0.25) is 0 Å². The van der Waals surface area contributed by atoms with Crippen molar-refractivity contribution in [3.63, 3.8) is 0 Å². The molecular weight excluding hydrogens is 332 g/mol. The molecular formula is C24H14N2O. The predicted octanol–water partition coefficient (Wildman–Crippen LogP) is 4.66. The number of nitrogens with zero attached hydrogens (tertiary/aromatic N) is 2. The summed E-state index contributed by atoms with van der Waals surface area (Å²) in [5.41, 5.74) is 4.66. The van der Waals surface area contributed by atoms with E-state index in [9.17, 15) is 10.5 Å². The summed E-state index contributed by atoms with van der Waals surface area (Å²) >= 11 is 0. The number of terminal acetylenes is 2. The zero-order chi connectivity index (χ0) is 19.6. The Bertz CT molecular complexity index is 1060. The largest absolute Gasteiger partial charge is 0.467 e. The number of ether oxygens (including phenoxy) is 1. The van der Waals surface area contributed by atoms with Crippen LogP contribution >= 0.6 is 0 Å².